The van der Waals surface area contributed by atoms with Crippen LogP contribution in [0.15, 0.2) is 28.8 Å². The Morgan fingerprint density at radius 1 is 1.14 bits per heavy atom. The topological polar surface area (TPSA) is 67.1 Å². The third-order valence-corrected chi connectivity index (χ3v) is 5.49. The van der Waals surface area contributed by atoms with E-state index < -0.39 is 0 Å². The molecule has 148 valence electrons. The maximum atomic E-state index is 5.28. The molecule has 1 aliphatic heterocycles. The van der Waals surface area contributed by atoms with E-state index in [0.29, 0.717) is 23.7 Å². The molecule has 28 heavy (non-hydrogen) atoms. The van der Waals surface area contributed by atoms with E-state index in [0.717, 1.165) is 60.3 Å². The number of rotatable bonds is 5. The molecule has 0 atom stereocenters. The van der Waals surface area contributed by atoms with E-state index >= 15 is 0 Å². The number of pyridine rings is 1. The van der Waals surface area contributed by atoms with Crippen molar-refractivity contribution in [1.29, 1.82) is 0 Å². The minimum atomic E-state index is 0.574. The second kappa shape index (κ2) is 7.87. The van der Waals surface area contributed by atoms with Crippen LogP contribution in [0.5, 0.6) is 0 Å². The molecule has 3 heterocycles. The Morgan fingerprint density at radius 2 is 1.89 bits per heavy atom. The highest BCUT2D eigenvalue weighted by atomic mass is 16.5. The van der Waals surface area contributed by atoms with Gasteiger partial charge in [-0.15, -0.1) is 0 Å². The maximum absolute atomic E-state index is 5.28. The zero-order chi connectivity index (χ0) is 19.7. The predicted molar refractivity (Wildman–Crippen MR) is 113 cm³/mol. The van der Waals surface area contributed by atoms with Gasteiger partial charge in [0.1, 0.15) is 5.82 Å². The Hall–Kier alpha value is -2.47. The highest BCUT2D eigenvalue weighted by Gasteiger charge is 2.26. The number of aromatic nitrogens is 3. The van der Waals surface area contributed by atoms with Gasteiger partial charge in [-0.05, 0) is 43.9 Å². The third kappa shape index (κ3) is 3.74. The Morgan fingerprint density at radius 3 is 2.57 bits per heavy atom. The van der Waals surface area contributed by atoms with Crippen molar-refractivity contribution >= 4 is 16.7 Å². The summed E-state index contributed by atoms with van der Waals surface area (Å²) in [7, 11) is 0. The van der Waals surface area contributed by atoms with E-state index in [2.05, 4.69) is 53.3 Å². The van der Waals surface area contributed by atoms with Crippen LogP contribution in [0.4, 0.5) is 5.82 Å². The van der Waals surface area contributed by atoms with Gasteiger partial charge >= 0.3 is 0 Å². The standard InChI is InChI=1S/C22H29N5O/c1-14(2)13-23-17-9-11-27(12-10-17)22-20(21-24-16(4)28-26-21)15(3)18-7-5-6-8-19(18)25-22/h5-8,14,17,23H,9-13H2,1-4H3. The molecule has 0 aliphatic carbocycles. The largest absolute Gasteiger partial charge is 0.356 e. The summed E-state index contributed by atoms with van der Waals surface area (Å²) in [5, 5.41) is 9.04. The Labute approximate surface area is 166 Å². The van der Waals surface area contributed by atoms with Crippen LogP contribution in [-0.4, -0.2) is 40.8 Å². The number of benzene rings is 1. The van der Waals surface area contributed by atoms with Crippen molar-refractivity contribution in [3.8, 4) is 11.4 Å². The van der Waals surface area contributed by atoms with Crippen molar-refractivity contribution in [2.45, 2.75) is 46.6 Å². The number of nitrogens with zero attached hydrogens (tertiary/aromatic N) is 4. The van der Waals surface area contributed by atoms with E-state index in [-0.39, 0.29) is 0 Å². The Bertz CT molecular complexity index is 957. The van der Waals surface area contributed by atoms with Gasteiger partial charge in [0.05, 0.1) is 11.1 Å². The molecule has 0 spiro atoms. The number of hydrogen-bond donors (Lipinski definition) is 1. The second-order valence-corrected chi connectivity index (χ2v) is 8.15. The van der Waals surface area contributed by atoms with E-state index in [1.54, 1.807) is 0 Å². The summed E-state index contributed by atoms with van der Waals surface area (Å²) in [6, 6.07) is 8.86. The quantitative estimate of drug-likeness (QED) is 0.719. The number of para-hydroxylation sites is 1. The molecule has 0 bridgehead atoms. The van der Waals surface area contributed by atoms with Gasteiger partial charge in [-0.1, -0.05) is 37.2 Å². The average molecular weight is 380 g/mol. The first-order valence-electron chi connectivity index (χ1n) is 10.2. The highest BCUT2D eigenvalue weighted by molar-refractivity contribution is 5.92. The lowest BCUT2D eigenvalue weighted by molar-refractivity contribution is 0.391. The molecule has 1 aromatic carbocycles. The second-order valence-electron chi connectivity index (χ2n) is 8.15. The van der Waals surface area contributed by atoms with Crippen LogP contribution in [0.1, 0.15) is 38.1 Å². The number of anilines is 1. The molecule has 0 unspecified atom stereocenters. The van der Waals surface area contributed by atoms with E-state index in [9.17, 15) is 0 Å². The molecular weight excluding hydrogens is 350 g/mol. The normalized spacial score (nSPS) is 15.7. The number of piperidine rings is 1. The fraction of sp³-hybridized carbons (Fsp3) is 0.500. The van der Waals surface area contributed by atoms with Crippen LogP contribution in [0, 0.1) is 19.8 Å². The number of aryl methyl sites for hydroxylation is 2. The predicted octanol–water partition coefficient (Wildman–Crippen LogP) is 4.12. The van der Waals surface area contributed by atoms with Crippen molar-refractivity contribution < 1.29 is 4.52 Å². The number of nitrogens with one attached hydrogen (secondary N) is 1. The molecule has 0 radical (unpaired) electrons. The monoisotopic (exact) mass is 379 g/mol. The molecular formula is C22H29N5O. The zero-order valence-electron chi connectivity index (χ0n) is 17.2. The van der Waals surface area contributed by atoms with Crippen LogP contribution >= 0.6 is 0 Å². The number of hydrogen-bond acceptors (Lipinski definition) is 6. The van der Waals surface area contributed by atoms with Gasteiger partial charge in [0.15, 0.2) is 0 Å². The molecule has 1 N–H and O–H groups in total. The van der Waals surface area contributed by atoms with Crippen LogP contribution in [0.25, 0.3) is 22.3 Å². The minimum Gasteiger partial charge on any atom is -0.356 e. The van der Waals surface area contributed by atoms with Crippen molar-refractivity contribution in [3.05, 3.63) is 35.7 Å². The summed E-state index contributed by atoms with van der Waals surface area (Å²) in [5.74, 6) is 2.85. The molecule has 6 nitrogen and oxygen atoms in total. The molecule has 0 saturated carbocycles. The fourth-order valence-electron chi connectivity index (χ4n) is 3.96. The summed E-state index contributed by atoms with van der Waals surface area (Å²) in [6.07, 6.45) is 2.23. The van der Waals surface area contributed by atoms with Crippen LogP contribution < -0.4 is 10.2 Å². The first-order chi connectivity index (χ1) is 13.5. The Balaban J connectivity index is 1.68. The SMILES string of the molecule is Cc1nc(-c2c(N3CCC(NCC(C)C)CC3)nc3ccccc3c2C)no1. The van der Waals surface area contributed by atoms with E-state index in [1.807, 2.05) is 19.1 Å². The smallest absolute Gasteiger partial charge is 0.223 e. The molecule has 2 aromatic heterocycles. The molecule has 6 heteroatoms. The average Bonchev–Trinajstić information content (AvgIpc) is 3.12. The van der Waals surface area contributed by atoms with Gasteiger partial charge in [-0.2, -0.15) is 4.98 Å². The molecule has 1 saturated heterocycles. The molecule has 0 amide bonds. The van der Waals surface area contributed by atoms with Crippen LogP contribution in [0.2, 0.25) is 0 Å². The highest BCUT2D eigenvalue weighted by Crippen LogP contribution is 2.36. The fourth-order valence-corrected chi connectivity index (χ4v) is 3.96. The van der Waals surface area contributed by atoms with Gasteiger partial charge in [-0.25, -0.2) is 4.98 Å². The maximum Gasteiger partial charge on any atom is 0.223 e. The third-order valence-electron chi connectivity index (χ3n) is 5.49. The first kappa shape index (κ1) is 18.9. The van der Waals surface area contributed by atoms with Gasteiger partial charge in [0.25, 0.3) is 0 Å². The Kier molecular flexibility index (Phi) is 5.31. The summed E-state index contributed by atoms with van der Waals surface area (Å²) in [4.78, 5) is 11.9. The van der Waals surface area contributed by atoms with Gasteiger partial charge in [-0.3, -0.25) is 0 Å². The summed E-state index contributed by atoms with van der Waals surface area (Å²) in [6.45, 7) is 11.5. The van der Waals surface area contributed by atoms with Gasteiger partial charge in [0, 0.05) is 31.4 Å². The van der Waals surface area contributed by atoms with Crippen molar-refractivity contribution in [2.75, 3.05) is 24.5 Å². The molecule has 3 aromatic rings. The molecule has 1 fully saturated rings. The summed E-state index contributed by atoms with van der Waals surface area (Å²) >= 11 is 0. The molecule has 4 rings (SSSR count). The minimum absolute atomic E-state index is 0.574. The van der Waals surface area contributed by atoms with Crippen LogP contribution in [0.3, 0.4) is 0 Å². The number of fused-ring (bicyclic) bond motifs is 1. The summed E-state index contributed by atoms with van der Waals surface area (Å²) < 4.78 is 5.28. The summed E-state index contributed by atoms with van der Waals surface area (Å²) in [5.41, 5.74) is 3.16. The lowest BCUT2D eigenvalue weighted by atomic mass is 10.00. The lowest BCUT2D eigenvalue weighted by Gasteiger charge is -2.34. The van der Waals surface area contributed by atoms with Gasteiger partial charge in [0.2, 0.25) is 11.7 Å². The molecule has 1 aliphatic rings. The van der Waals surface area contributed by atoms with Crippen LogP contribution in [-0.2, 0) is 0 Å². The zero-order valence-corrected chi connectivity index (χ0v) is 17.2. The first-order valence-corrected chi connectivity index (χ1v) is 10.2. The van der Waals surface area contributed by atoms with E-state index in [1.165, 1.54) is 0 Å². The van der Waals surface area contributed by atoms with Crippen molar-refractivity contribution in [2.24, 2.45) is 5.92 Å². The van der Waals surface area contributed by atoms with Crippen molar-refractivity contribution in [1.82, 2.24) is 20.4 Å². The lowest BCUT2D eigenvalue weighted by Crippen LogP contribution is -2.44. The van der Waals surface area contributed by atoms with E-state index in [4.69, 9.17) is 9.51 Å². The van der Waals surface area contributed by atoms with Crippen molar-refractivity contribution in [3.63, 3.8) is 0 Å². The van der Waals surface area contributed by atoms with Gasteiger partial charge < -0.3 is 14.7 Å².